The van der Waals surface area contributed by atoms with E-state index in [4.69, 9.17) is 9.47 Å². The third kappa shape index (κ3) is 3.69. The average Bonchev–Trinajstić information content (AvgIpc) is 2.38. The molecule has 1 aliphatic heterocycles. The molecule has 3 unspecified atom stereocenters. The minimum absolute atomic E-state index is 0.0533. The Morgan fingerprint density at radius 1 is 1.56 bits per heavy atom. The molecule has 1 aliphatic rings. The number of carbonyl (C=O) groups is 1. The maximum atomic E-state index is 11.9. The van der Waals surface area contributed by atoms with Crippen molar-refractivity contribution in [1.29, 1.82) is 0 Å². The van der Waals surface area contributed by atoms with Crippen LogP contribution in [0.3, 0.4) is 0 Å². The molecule has 1 rings (SSSR count). The first-order valence-corrected chi connectivity index (χ1v) is 6.99. The van der Waals surface area contributed by atoms with Crippen molar-refractivity contribution in [2.24, 2.45) is 5.92 Å². The molecule has 0 spiro atoms. The molecule has 0 amide bonds. The van der Waals surface area contributed by atoms with Crippen LogP contribution in [-0.4, -0.2) is 36.5 Å². The number of ether oxygens (including phenoxy) is 2. The summed E-state index contributed by atoms with van der Waals surface area (Å²) in [5, 5.41) is 10.8. The van der Waals surface area contributed by atoms with E-state index in [9.17, 15) is 9.90 Å². The molecule has 0 aromatic heterocycles. The molecule has 18 heavy (non-hydrogen) atoms. The SMILES string of the molecule is CCCCC(C(=O)OC)C1(O)CCOC(CC)C1. The third-order valence-corrected chi connectivity index (χ3v) is 3.91. The van der Waals surface area contributed by atoms with Gasteiger partial charge in [0.2, 0.25) is 0 Å². The number of carbonyl (C=O) groups excluding carboxylic acids is 1. The highest BCUT2D eigenvalue weighted by Gasteiger charge is 2.45. The number of esters is 1. The van der Waals surface area contributed by atoms with Gasteiger partial charge in [-0.05, 0) is 12.8 Å². The molecule has 4 nitrogen and oxygen atoms in total. The van der Waals surface area contributed by atoms with Crippen molar-refractivity contribution >= 4 is 5.97 Å². The molecule has 0 aromatic rings. The zero-order valence-electron chi connectivity index (χ0n) is 11.8. The van der Waals surface area contributed by atoms with E-state index in [1.54, 1.807) is 0 Å². The summed E-state index contributed by atoms with van der Waals surface area (Å²) < 4.78 is 10.4. The second kappa shape index (κ2) is 7.10. The summed E-state index contributed by atoms with van der Waals surface area (Å²) in [5.41, 5.74) is -0.957. The van der Waals surface area contributed by atoms with Crippen molar-refractivity contribution in [2.45, 2.75) is 64.1 Å². The standard InChI is InChI=1S/C14H26O4/c1-4-6-7-12(13(15)17-3)14(16)8-9-18-11(5-2)10-14/h11-12,16H,4-10H2,1-3H3. The van der Waals surface area contributed by atoms with Crippen LogP contribution < -0.4 is 0 Å². The molecule has 0 radical (unpaired) electrons. The summed E-state index contributed by atoms with van der Waals surface area (Å²) in [6.07, 6.45) is 4.61. The molecular formula is C14H26O4. The van der Waals surface area contributed by atoms with Crippen LogP contribution in [0.2, 0.25) is 0 Å². The van der Waals surface area contributed by atoms with Crippen molar-refractivity contribution in [1.82, 2.24) is 0 Å². The Bertz CT molecular complexity index is 267. The summed E-state index contributed by atoms with van der Waals surface area (Å²) in [4.78, 5) is 11.9. The van der Waals surface area contributed by atoms with Crippen LogP contribution in [0.4, 0.5) is 0 Å². The van der Waals surface area contributed by atoms with Crippen molar-refractivity contribution in [3.05, 3.63) is 0 Å². The largest absolute Gasteiger partial charge is 0.469 e. The van der Waals surface area contributed by atoms with Gasteiger partial charge in [0.05, 0.1) is 24.7 Å². The number of rotatable bonds is 6. The maximum absolute atomic E-state index is 11.9. The van der Waals surface area contributed by atoms with Gasteiger partial charge in [-0.2, -0.15) is 0 Å². The number of hydrogen-bond acceptors (Lipinski definition) is 4. The van der Waals surface area contributed by atoms with Crippen LogP contribution in [0.1, 0.15) is 52.4 Å². The van der Waals surface area contributed by atoms with E-state index in [2.05, 4.69) is 6.92 Å². The fraction of sp³-hybridized carbons (Fsp3) is 0.929. The Balaban J connectivity index is 2.77. The van der Waals surface area contributed by atoms with E-state index in [-0.39, 0.29) is 12.1 Å². The molecule has 4 heteroatoms. The molecule has 1 saturated heterocycles. The van der Waals surface area contributed by atoms with Gasteiger partial charge < -0.3 is 14.6 Å². The van der Waals surface area contributed by atoms with Gasteiger partial charge in [-0.1, -0.05) is 26.7 Å². The molecule has 0 aliphatic carbocycles. The fourth-order valence-corrected chi connectivity index (χ4v) is 2.69. The lowest BCUT2D eigenvalue weighted by atomic mass is 9.76. The zero-order chi connectivity index (χ0) is 13.6. The second-order valence-electron chi connectivity index (χ2n) is 5.18. The molecule has 106 valence electrons. The first-order valence-electron chi connectivity index (χ1n) is 6.99. The summed E-state index contributed by atoms with van der Waals surface area (Å²) in [7, 11) is 1.39. The molecule has 0 bridgehead atoms. The molecule has 0 saturated carbocycles. The lowest BCUT2D eigenvalue weighted by Gasteiger charge is -2.41. The van der Waals surface area contributed by atoms with Crippen LogP contribution in [0.25, 0.3) is 0 Å². The number of methoxy groups -OCH3 is 1. The predicted octanol–water partition coefficient (Wildman–Crippen LogP) is 2.29. The van der Waals surface area contributed by atoms with Crippen molar-refractivity contribution < 1.29 is 19.4 Å². The van der Waals surface area contributed by atoms with Gasteiger partial charge in [0.25, 0.3) is 0 Å². The van der Waals surface area contributed by atoms with Gasteiger partial charge >= 0.3 is 5.97 Å². The van der Waals surface area contributed by atoms with Crippen molar-refractivity contribution in [2.75, 3.05) is 13.7 Å². The Labute approximate surface area is 110 Å². The van der Waals surface area contributed by atoms with Crippen LogP contribution in [0.5, 0.6) is 0 Å². The Kier molecular flexibility index (Phi) is 6.09. The number of hydrogen-bond donors (Lipinski definition) is 1. The van der Waals surface area contributed by atoms with Crippen LogP contribution in [0, 0.1) is 5.92 Å². The van der Waals surface area contributed by atoms with Crippen molar-refractivity contribution in [3.8, 4) is 0 Å². The fourth-order valence-electron chi connectivity index (χ4n) is 2.69. The van der Waals surface area contributed by atoms with Gasteiger partial charge in [-0.25, -0.2) is 0 Å². The molecule has 0 aromatic carbocycles. The highest BCUT2D eigenvalue weighted by molar-refractivity contribution is 5.73. The summed E-state index contributed by atoms with van der Waals surface area (Å²) in [5.74, 6) is -0.705. The number of unbranched alkanes of at least 4 members (excludes halogenated alkanes) is 1. The Morgan fingerprint density at radius 3 is 2.83 bits per heavy atom. The summed E-state index contributed by atoms with van der Waals surface area (Å²) in [6, 6.07) is 0. The van der Waals surface area contributed by atoms with E-state index >= 15 is 0 Å². The van der Waals surface area contributed by atoms with E-state index in [0.29, 0.717) is 25.9 Å². The predicted molar refractivity (Wildman–Crippen MR) is 69.2 cm³/mol. The van der Waals surface area contributed by atoms with E-state index in [1.807, 2.05) is 6.92 Å². The van der Waals surface area contributed by atoms with Crippen LogP contribution in [-0.2, 0) is 14.3 Å². The monoisotopic (exact) mass is 258 g/mol. The van der Waals surface area contributed by atoms with E-state index in [1.165, 1.54) is 7.11 Å². The highest BCUT2D eigenvalue weighted by atomic mass is 16.5. The van der Waals surface area contributed by atoms with E-state index in [0.717, 1.165) is 19.3 Å². The summed E-state index contributed by atoms with van der Waals surface area (Å²) >= 11 is 0. The molecule has 3 atom stereocenters. The lowest BCUT2D eigenvalue weighted by molar-refractivity contribution is -0.171. The smallest absolute Gasteiger partial charge is 0.311 e. The minimum Gasteiger partial charge on any atom is -0.469 e. The molecule has 1 N–H and O–H groups in total. The summed E-state index contributed by atoms with van der Waals surface area (Å²) in [6.45, 7) is 4.64. The molecule has 1 heterocycles. The van der Waals surface area contributed by atoms with Gasteiger partial charge in [0.1, 0.15) is 0 Å². The lowest BCUT2D eigenvalue weighted by Crippen LogP contribution is -2.49. The van der Waals surface area contributed by atoms with Gasteiger partial charge in [0, 0.05) is 19.4 Å². The molecular weight excluding hydrogens is 232 g/mol. The Morgan fingerprint density at radius 2 is 2.28 bits per heavy atom. The van der Waals surface area contributed by atoms with Gasteiger partial charge in [-0.15, -0.1) is 0 Å². The van der Waals surface area contributed by atoms with Gasteiger partial charge in [-0.3, -0.25) is 4.79 Å². The quantitative estimate of drug-likeness (QED) is 0.743. The van der Waals surface area contributed by atoms with Gasteiger partial charge in [0.15, 0.2) is 0 Å². The first kappa shape index (κ1) is 15.4. The minimum atomic E-state index is -0.957. The second-order valence-corrected chi connectivity index (χ2v) is 5.18. The van der Waals surface area contributed by atoms with Crippen molar-refractivity contribution in [3.63, 3.8) is 0 Å². The van der Waals surface area contributed by atoms with Crippen LogP contribution in [0.15, 0.2) is 0 Å². The Hall–Kier alpha value is -0.610. The van der Waals surface area contributed by atoms with E-state index < -0.39 is 11.5 Å². The normalized spacial score (nSPS) is 29.9. The maximum Gasteiger partial charge on any atom is 0.311 e. The van der Waals surface area contributed by atoms with Crippen LogP contribution >= 0.6 is 0 Å². The number of aliphatic hydroxyl groups is 1. The topological polar surface area (TPSA) is 55.8 Å². The third-order valence-electron chi connectivity index (χ3n) is 3.91. The zero-order valence-corrected chi connectivity index (χ0v) is 11.8. The first-order chi connectivity index (χ1) is 8.57. The molecule has 1 fully saturated rings. The average molecular weight is 258 g/mol. The highest BCUT2D eigenvalue weighted by Crippen LogP contribution is 2.36.